The van der Waals surface area contributed by atoms with Crippen molar-refractivity contribution >= 4 is 17.2 Å². The summed E-state index contributed by atoms with van der Waals surface area (Å²) in [5.74, 6) is 3.27. The van der Waals surface area contributed by atoms with Crippen molar-refractivity contribution in [1.29, 1.82) is 0 Å². The van der Waals surface area contributed by atoms with E-state index in [1.807, 2.05) is 6.20 Å². The quantitative estimate of drug-likeness (QED) is 0.269. The van der Waals surface area contributed by atoms with E-state index in [0.717, 1.165) is 34.4 Å². The molecule has 3 rings (SSSR count). The molecule has 0 saturated carbocycles. The van der Waals surface area contributed by atoms with Gasteiger partial charge in [0.05, 0.1) is 5.69 Å². The summed E-state index contributed by atoms with van der Waals surface area (Å²) >= 11 is 0. The van der Waals surface area contributed by atoms with Gasteiger partial charge in [0.2, 0.25) is 0 Å². The van der Waals surface area contributed by atoms with Crippen LogP contribution >= 0.6 is 0 Å². The molecule has 0 unspecified atom stereocenters. The number of terminal acetylenes is 1. The van der Waals surface area contributed by atoms with Crippen LogP contribution in [0.4, 0.5) is 0 Å². The molecule has 0 aliphatic heterocycles. The van der Waals surface area contributed by atoms with Gasteiger partial charge in [-0.1, -0.05) is 123 Å². The number of aryl methyl sites for hydroxylation is 1. The van der Waals surface area contributed by atoms with Gasteiger partial charge in [-0.15, -0.1) is 6.42 Å². The molecule has 0 saturated heterocycles. The largest absolute Gasteiger partial charge is 0.257 e. The third kappa shape index (κ3) is 10.4. The minimum Gasteiger partial charge on any atom is -0.257 e. The predicted molar refractivity (Wildman–Crippen MR) is 177 cm³/mol. The van der Waals surface area contributed by atoms with Crippen LogP contribution in [0.15, 0.2) is 61.3 Å². The molecule has 0 bridgehead atoms. The van der Waals surface area contributed by atoms with Crippen molar-refractivity contribution in [2.24, 2.45) is 5.92 Å². The third-order valence-electron chi connectivity index (χ3n) is 6.96. The van der Waals surface area contributed by atoms with Crippen LogP contribution in [0.25, 0.3) is 28.3 Å². The molecule has 0 aliphatic rings. The summed E-state index contributed by atoms with van der Waals surface area (Å²) in [6.45, 7) is 23.7. The Morgan fingerprint density at radius 2 is 1.46 bits per heavy atom. The van der Waals surface area contributed by atoms with Crippen molar-refractivity contribution in [3.05, 3.63) is 94.8 Å². The fourth-order valence-corrected chi connectivity index (χ4v) is 3.77. The lowest BCUT2D eigenvalue weighted by Gasteiger charge is -2.12. The van der Waals surface area contributed by atoms with Gasteiger partial charge in [0.1, 0.15) is 0 Å². The molecule has 39 heavy (non-hydrogen) atoms. The lowest BCUT2D eigenvalue weighted by molar-refractivity contribution is 0.858. The molecule has 1 heteroatoms. The van der Waals surface area contributed by atoms with E-state index in [2.05, 4.69) is 134 Å². The Morgan fingerprint density at radius 1 is 0.897 bits per heavy atom. The smallest absolute Gasteiger partial charge is 0.0667 e. The van der Waals surface area contributed by atoms with E-state index in [-0.39, 0.29) is 0 Å². The van der Waals surface area contributed by atoms with Gasteiger partial charge in [-0.25, -0.2) is 0 Å². The van der Waals surface area contributed by atoms with Crippen LogP contribution in [0.1, 0.15) is 115 Å². The average molecular weight is 522 g/mol. The molecule has 1 nitrogen and oxygen atoms in total. The van der Waals surface area contributed by atoms with E-state index >= 15 is 0 Å². The molecular formula is C38H51N. The molecule has 1 aromatic heterocycles. The van der Waals surface area contributed by atoms with Gasteiger partial charge in [-0.05, 0) is 88.9 Å². The minimum absolute atomic E-state index is 0.443. The van der Waals surface area contributed by atoms with Crippen molar-refractivity contribution in [2.45, 2.75) is 94.4 Å². The Bertz CT molecular complexity index is 1220. The summed E-state index contributed by atoms with van der Waals surface area (Å²) in [4.78, 5) is 4.64. The van der Waals surface area contributed by atoms with E-state index < -0.39 is 0 Å². The molecule has 0 N–H and O–H groups in total. The van der Waals surface area contributed by atoms with Gasteiger partial charge in [0, 0.05) is 11.8 Å². The first-order chi connectivity index (χ1) is 18.7. The van der Waals surface area contributed by atoms with Gasteiger partial charge in [0.15, 0.2) is 0 Å². The molecule has 0 radical (unpaired) electrons. The fourth-order valence-electron chi connectivity index (χ4n) is 3.77. The number of pyridine rings is 1. The molecule has 208 valence electrons. The highest BCUT2D eigenvalue weighted by Crippen LogP contribution is 2.29. The number of unbranched alkanes of at least 4 members (excludes halogenated alkanes) is 2. The number of benzene rings is 2. The zero-order valence-electron chi connectivity index (χ0n) is 26.1. The van der Waals surface area contributed by atoms with Crippen molar-refractivity contribution in [2.75, 3.05) is 0 Å². The van der Waals surface area contributed by atoms with Crippen LogP contribution in [0.3, 0.4) is 0 Å². The standard InChI is InChI=1S/C30H31N.2C4H10/c1-8-24-10-15-28(19-25(24)9-2)29-16-17-31-30(23(29)7)18-21(5)26-11-13-27(14-12-26)22(6)20(3)4;2*1-3-4-2/h2,10-20H,6,8H2,1,3-5,7H3;2*3-4H2,1-2H3/b21-18+;;. The topological polar surface area (TPSA) is 12.9 Å². The summed E-state index contributed by atoms with van der Waals surface area (Å²) in [6.07, 6.45) is 16.0. The molecule has 0 fully saturated rings. The normalized spacial score (nSPS) is 10.6. The van der Waals surface area contributed by atoms with Crippen LogP contribution < -0.4 is 0 Å². The molecule has 0 spiro atoms. The second kappa shape index (κ2) is 18.0. The SMILES string of the molecule is C#Cc1cc(-c2ccnc(/C=C(\C)c3ccc(C(=C)C(C)C)cc3)c2C)ccc1CC.CCCC.CCCC. The monoisotopic (exact) mass is 521 g/mol. The van der Waals surface area contributed by atoms with Crippen molar-refractivity contribution < 1.29 is 0 Å². The van der Waals surface area contributed by atoms with Gasteiger partial charge >= 0.3 is 0 Å². The second-order valence-corrected chi connectivity index (χ2v) is 10.3. The molecule has 1 heterocycles. The zero-order chi connectivity index (χ0) is 29.4. The summed E-state index contributed by atoms with van der Waals surface area (Å²) in [7, 11) is 0. The lowest BCUT2D eigenvalue weighted by Crippen LogP contribution is -1.94. The highest BCUT2D eigenvalue weighted by molar-refractivity contribution is 5.83. The van der Waals surface area contributed by atoms with Crippen LogP contribution in [0.2, 0.25) is 0 Å². The zero-order valence-corrected chi connectivity index (χ0v) is 26.1. The van der Waals surface area contributed by atoms with Crippen LogP contribution in [0.5, 0.6) is 0 Å². The Balaban J connectivity index is 0.000000838. The Kier molecular flexibility index (Phi) is 15.5. The van der Waals surface area contributed by atoms with E-state index in [1.54, 1.807) is 0 Å². The minimum atomic E-state index is 0.443. The van der Waals surface area contributed by atoms with Crippen LogP contribution in [-0.2, 0) is 6.42 Å². The molecule has 0 atom stereocenters. The van der Waals surface area contributed by atoms with E-state index in [1.165, 1.54) is 53.5 Å². The number of hydrogen-bond donors (Lipinski definition) is 0. The fraction of sp³-hybridized carbons (Fsp3) is 0.395. The first-order valence-corrected chi connectivity index (χ1v) is 14.7. The number of allylic oxidation sites excluding steroid dienone is 2. The van der Waals surface area contributed by atoms with Crippen molar-refractivity contribution in [3.63, 3.8) is 0 Å². The highest BCUT2D eigenvalue weighted by atomic mass is 14.7. The Labute approximate surface area is 240 Å². The maximum atomic E-state index is 5.74. The number of rotatable bonds is 8. The maximum absolute atomic E-state index is 5.74. The first-order valence-electron chi connectivity index (χ1n) is 14.7. The Morgan fingerprint density at radius 3 is 1.95 bits per heavy atom. The van der Waals surface area contributed by atoms with Gasteiger partial charge in [-0.2, -0.15) is 0 Å². The summed E-state index contributed by atoms with van der Waals surface area (Å²) in [6, 6.07) is 17.1. The molecular weight excluding hydrogens is 470 g/mol. The summed E-state index contributed by atoms with van der Waals surface area (Å²) in [5.41, 5.74) is 11.3. The van der Waals surface area contributed by atoms with Crippen molar-refractivity contribution in [1.82, 2.24) is 4.98 Å². The number of aromatic nitrogens is 1. The second-order valence-electron chi connectivity index (χ2n) is 10.3. The average Bonchev–Trinajstić information content (AvgIpc) is 2.97. The van der Waals surface area contributed by atoms with E-state index in [4.69, 9.17) is 6.42 Å². The van der Waals surface area contributed by atoms with E-state index in [0.29, 0.717) is 5.92 Å². The predicted octanol–water partition coefficient (Wildman–Crippen LogP) is 11.4. The lowest BCUT2D eigenvalue weighted by atomic mass is 9.94. The summed E-state index contributed by atoms with van der Waals surface area (Å²) < 4.78 is 0. The van der Waals surface area contributed by atoms with Crippen LogP contribution in [0, 0.1) is 25.2 Å². The van der Waals surface area contributed by atoms with Gasteiger partial charge in [-0.3, -0.25) is 4.98 Å². The third-order valence-corrected chi connectivity index (χ3v) is 6.96. The highest BCUT2D eigenvalue weighted by Gasteiger charge is 2.10. The molecule has 0 aliphatic carbocycles. The Hall–Kier alpha value is -3.37. The molecule has 2 aromatic carbocycles. The number of hydrogen-bond acceptors (Lipinski definition) is 1. The first kappa shape index (κ1) is 33.7. The van der Waals surface area contributed by atoms with Gasteiger partial charge in [0.25, 0.3) is 0 Å². The van der Waals surface area contributed by atoms with Crippen molar-refractivity contribution in [3.8, 4) is 23.5 Å². The molecule has 3 aromatic rings. The van der Waals surface area contributed by atoms with Gasteiger partial charge < -0.3 is 0 Å². The number of nitrogens with zero attached hydrogens (tertiary/aromatic N) is 1. The maximum Gasteiger partial charge on any atom is 0.0667 e. The molecule has 0 amide bonds. The van der Waals surface area contributed by atoms with E-state index in [9.17, 15) is 0 Å². The summed E-state index contributed by atoms with van der Waals surface area (Å²) in [5, 5.41) is 0. The van der Waals surface area contributed by atoms with Crippen LogP contribution in [-0.4, -0.2) is 4.98 Å².